The molecule has 0 atom stereocenters. The number of nitrogens with zero attached hydrogens (tertiary/aromatic N) is 11. The first-order valence-corrected chi connectivity index (χ1v) is 22.7. The number of nitrogens with one attached hydrogen (secondary N) is 3. The SMILES string of the molecule is CCOc1cc2nn(C)cc2cc1NC(=O)c1cnc(Cl)cn1.CCOc1cc2nn(C)cc2cc1NC(=O)c1cnc(N2CC3(CCCN(C)C3)C2)cn1.CN1CCCC2(CNC2)C1. The van der Waals surface area contributed by atoms with Gasteiger partial charge in [-0.1, -0.05) is 11.6 Å². The van der Waals surface area contributed by atoms with Crippen LogP contribution in [0, 0.1) is 10.8 Å². The van der Waals surface area contributed by atoms with Crippen LogP contribution < -0.4 is 30.3 Å². The van der Waals surface area contributed by atoms with Crippen LogP contribution in [-0.4, -0.2) is 141 Å². The Balaban J connectivity index is 0.000000151. The van der Waals surface area contributed by atoms with Crippen molar-refractivity contribution in [1.29, 1.82) is 0 Å². The van der Waals surface area contributed by atoms with Gasteiger partial charge >= 0.3 is 0 Å². The van der Waals surface area contributed by atoms with E-state index in [0.29, 0.717) is 46.9 Å². The number of amides is 2. The van der Waals surface area contributed by atoms with E-state index in [9.17, 15) is 9.59 Å². The van der Waals surface area contributed by atoms with Gasteiger partial charge in [-0.05, 0) is 78.8 Å². The molecule has 4 aliphatic rings. The first kappa shape index (κ1) is 45.6. The maximum Gasteiger partial charge on any atom is 0.275 e. The number of hydrogen-bond donors (Lipinski definition) is 3. The number of aromatic nitrogens is 8. The van der Waals surface area contributed by atoms with E-state index in [1.54, 1.807) is 27.8 Å². The topological polar surface area (TPSA) is 186 Å². The fourth-order valence-electron chi connectivity index (χ4n) is 9.36. The van der Waals surface area contributed by atoms with Gasteiger partial charge in [-0.15, -0.1) is 0 Å². The minimum Gasteiger partial charge on any atom is -0.492 e. The minimum absolute atomic E-state index is 0.170. The van der Waals surface area contributed by atoms with Crippen molar-refractivity contribution in [1.82, 2.24) is 54.6 Å². The van der Waals surface area contributed by atoms with Gasteiger partial charge in [0.1, 0.15) is 33.9 Å². The van der Waals surface area contributed by atoms with Crippen LogP contribution in [-0.2, 0) is 14.1 Å². The molecule has 0 bridgehead atoms. The molecule has 2 amide bonds. The smallest absolute Gasteiger partial charge is 0.275 e. The zero-order valence-corrected chi connectivity index (χ0v) is 38.9. The van der Waals surface area contributed by atoms with E-state index >= 15 is 0 Å². The van der Waals surface area contributed by atoms with Gasteiger partial charge in [0.2, 0.25) is 0 Å². The lowest BCUT2D eigenvalue weighted by Crippen LogP contribution is -2.62. The van der Waals surface area contributed by atoms with Crippen LogP contribution in [0.1, 0.15) is 60.5 Å². The van der Waals surface area contributed by atoms with E-state index in [2.05, 4.69) is 74.9 Å². The summed E-state index contributed by atoms with van der Waals surface area (Å²) in [5.41, 5.74) is 4.26. The largest absolute Gasteiger partial charge is 0.492 e. The van der Waals surface area contributed by atoms with E-state index < -0.39 is 5.91 Å². The molecule has 4 fully saturated rings. The second-order valence-corrected chi connectivity index (χ2v) is 18.2. The number of halogens is 1. The van der Waals surface area contributed by atoms with Crippen LogP contribution >= 0.6 is 11.6 Å². The van der Waals surface area contributed by atoms with Crippen LogP contribution in [0.2, 0.25) is 5.15 Å². The summed E-state index contributed by atoms with van der Waals surface area (Å²) in [4.78, 5) is 49.0. The monoisotopic (exact) mass is 906 g/mol. The third kappa shape index (κ3) is 10.8. The molecule has 344 valence electrons. The van der Waals surface area contributed by atoms with Crippen molar-refractivity contribution in [3.63, 3.8) is 0 Å². The molecule has 4 aliphatic heterocycles. The summed E-state index contributed by atoms with van der Waals surface area (Å²) in [5, 5.41) is 19.9. The second-order valence-electron chi connectivity index (χ2n) is 17.8. The van der Waals surface area contributed by atoms with Crippen molar-refractivity contribution in [2.45, 2.75) is 39.5 Å². The minimum atomic E-state index is -0.390. The lowest BCUT2D eigenvalue weighted by atomic mass is 9.73. The zero-order valence-electron chi connectivity index (χ0n) is 38.1. The van der Waals surface area contributed by atoms with E-state index in [0.717, 1.165) is 47.3 Å². The van der Waals surface area contributed by atoms with E-state index in [-0.39, 0.29) is 22.4 Å². The molecule has 4 aromatic heterocycles. The van der Waals surface area contributed by atoms with Gasteiger partial charge in [0, 0.05) is 99.5 Å². The van der Waals surface area contributed by atoms with Crippen LogP contribution in [0.25, 0.3) is 21.8 Å². The number of aryl methyl sites for hydroxylation is 2. The van der Waals surface area contributed by atoms with Crippen LogP contribution in [0.4, 0.5) is 17.2 Å². The molecule has 3 N–H and O–H groups in total. The number of rotatable bonds is 9. The van der Waals surface area contributed by atoms with Gasteiger partial charge in [0.15, 0.2) is 0 Å². The quantitative estimate of drug-likeness (QED) is 0.165. The van der Waals surface area contributed by atoms with Gasteiger partial charge in [-0.3, -0.25) is 19.0 Å². The third-order valence-electron chi connectivity index (χ3n) is 12.3. The molecule has 4 saturated heterocycles. The fourth-order valence-corrected chi connectivity index (χ4v) is 9.46. The zero-order chi connectivity index (χ0) is 45.7. The van der Waals surface area contributed by atoms with Crippen molar-refractivity contribution in [3.8, 4) is 11.5 Å². The average Bonchev–Trinajstić information content (AvgIpc) is 3.82. The Morgan fingerprint density at radius 1 is 0.677 bits per heavy atom. The molecule has 0 aliphatic carbocycles. The first-order chi connectivity index (χ1) is 31.3. The number of carbonyl (C=O) groups excluding carboxylic acids is 2. The molecule has 0 radical (unpaired) electrons. The first-order valence-electron chi connectivity index (χ1n) is 22.3. The molecule has 0 saturated carbocycles. The molecule has 2 spiro atoms. The van der Waals surface area contributed by atoms with Crippen molar-refractivity contribution >= 4 is 62.4 Å². The standard InChI is InChI=1S/C23H29N7O2.C15H14ClN5O2.C8H16N2/c1-4-32-20-9-17-16(12-29(3)27-17)8-18(20)26-22(31)19-10-25-21(11-24-19)30-14-23(15-30)6-5-7-28(2)13-23;1-3-23-13-5-10-9(8-21(2)20-10)4-11(13)19-15(22)12-6-18-14(16)7-17-12;1-10-4-2-3-8(7-10)5-9-6-8/h8-12H,4-7,13-15H2,1-3H3,(H,26,31);4-8H,3H2,1-2H3,(H,19,22);9H,2-7H2,1H3. The van der Waals surface area contributed by atoms with Crippen molar-refractivity contribution in [3.05, 3.63) is 78.0 Å². The maximum atomic E-state index is 12.8. The van der Waals surface area contributed by atoms with Gasteiger partial charge in [0.25, 0.3) is 11.8 Å². The second kappa shape index (κ2) is 19.7. The number of hydrogen-bond acceptors (Lipinski definition) is 14. The summed E-state index contributed by atoms with van der Waals surface area (Å²) in [6.45, 7) is 14.2. The summed E-state index contributed by atoms with van der Waals surface area (Å²) in [7, 11) is 8.13. The summed E-state index contributed by atoms with van der Waals surface area (Å²) >= 11 is 5.68. The van der Waals surface area contributed by atoms with E-state index in [4.69, 9.17) is 21.1 Å². The van der Waals surface area contributed by atoms with Gasteiger partial charge < -0.3 is 40.1 Å². The molecule has 18 nitrogen and oxygen atoms in total. The van der Waals surface area contributed by atoms with Gasteiger partial charge in [-0.25, -0.2) is 19.9 Å². The van der Waals surface area contributed by atoms with Crippen molar-refractivity contribution in [2.24, 2.45) is 24.9 Å². The number of piperidine rings is 2. The highest BCUT2D eigenvalue weighted by molar-refractivity contribution is 6.29. The Hall–Kier alpha value is -5.95. The molecule has 0 unspecified atom stereocenters. The molecule has 2 aromatic carbocycles. The Morgan fingerprint density at radius 3 is 1.62 bits per heavy atom. The number of likely N-dealkylation sites (tertiary alicyclic amines) is 2. The fraction of sp³-hybridized carbons (Fsp3) is 0.478. The van der Waals surface area contributed by atoms with Gasteiger partial charge in [-0.2, -0.15) is 10.2 Å². The lowest BCUT2D eigenvalue weighted by molar-refractivity contribution is 0.0558. The summed E-state index contributed by atoms with van der Waals surface area (Å²) in [6.07, 6.45) is 15.0. The highest BCUT2D eigenvalue weighted by Gasteiger charge is 2.45. The van der Waals surface area contributed by atoms with Crippen LogP contribution in [0.3, 0.4) is 0 Å². The van der Waals surface area contributed by atoms with Crippen LogP contribution in [0.5, 0.6) is 11.5 Å². The number of carbonyl (C=O) groups is 2. The highest BCUT2D eigenvalue weighted by atomic mass is 35.5. The molecule has 65 heavy (non-hydrogen) atoms. The van der Waals surface area contributed by atoms with Crippen molar-refractivity contribution in [2.75, 3.05) is 95.2 Å². The number of anilines is 3. The Labute approximate surface area is 384 Å². The maximum absolute atomic E-state index is 12.8. The molecule has 10 rings (SSSR count). The van der Waals surface area contributed by atoms with E-state index in [1.807, 2.05) is 58.5 Å². The molecular formula is C46H59ClN14O4. The Bertz CT molecular complexity index is 2610. The predicted molar refractivity (Wildman–Crippen MR) is 252 cm³/mol. The third-order valence-corrected chi connectivity index (χ3v) is 12.5. The molecule has 19 heteroatoms. The highest BCUT2D eigenvalue weighted by Crippen LogP contribution is 2.40. The molecule has 8 heterocycles. The molecule has 6 aromatic rings. The summed E-state index contributed by atoms with van der Waals surface area (Å²) in [5.74, 6) is 1.25. The molecular weight excluding hydrogens is 848 g/mol. The summed E-state index contributed by atoms with van der Waals surface area (Å²) < 4.78 is 14.7. The van der Waals surface area contributed by atoms with Crippen molar-refractivity contribution < 1.29 is 19.1 Å². The predicted octanol–water partition coefficient (Wildman–Crippen LogP) is 5.52. The summed E-state index contributed by atoms with van der Waals surface area (Å²) in [6, 6.07) is 7.32. The number of benzene rings is 2. The van der Waals surface area contributed by atoms with Gasteiger partial charge in [0.05, 0.1) is 60.4 Å². The Morgan fingerprint density at radius 2 is 1.18 bits per heavy atom. The average molecular weight is 908 g/mol. The normalized spacial score (nSPS) is 17.6. The Kier molecular flexibility index (Phi) is 13.8. The number of fused-ring (bicyclic) bond motifs is 2. The lowest BCUT2D eigenvalue weighted by Gasteiger charge is -2.54. The number of ether oxygens (including phenoxy) is 2. The van der Waals surface area contributed by atoms with E-state index in [1.165, 1.54) is 70.8 Å². The van der Waals surface area contributed by atoms with Crippen LogP contribution in [0.15, 0.2) is 61.4 Å².